The van der Waals surface area contributed by atoms with Crippen LogP contribution in [0.3, 0.4) is 0 Å². The van der Waals surface area contributed by atoms with Crippen molar-refractivity contribution in [2.75, 3.05) is 11.4 Å². The molecule has 1 atom stereocenters. The van der Waals surface area contributed by atoms with Crippen LogP contribution in [0.1, 0.15) is 30.4 Å². The van der Waals surface area contributed by atoms with Crippen molar-refractivity contribution in [2.24, 2.45) is 5.73 Å². The Morgan fingerprint density at radius 3 is 2.88 bits per heavy atom. The van der Waals surface area contributed by atoms with Crippen molar-refractivity contribution in [3.05, 3.63) is 52.1 Å². The SMILES string of the molecule is N#CC1=C(N)OC2=C(C(=O)CC2)C12C(=O)N1CCCc3cccc2c31. The monoisotopic (exact) mass is 333 g/mol. The number of nitriles is 1. The number of fused-ring (bicyclic) bond motifs is 2. The third kappa shape index (κ3) is 1.45. The van der Waals surface area contributed by atoms with Crippen molar-refractivity contribution >= 4 is 17.4 Å². The highest BCUT2D eigenvalue weighted by molar-refractivity contribution is 6.21. The molecule has 1 spiro atoms. The summed E-state index contributed by atoms with van der Waals surface area (Å²) in [6.45, 7) is 0.584. The minimum Gasteiger partial charge on any atom is -0.444 e. The van der Waals surface area contributed by atoms with Gasteiger partial charge in [0.1, 0.15) is 22.8 Å². The lowest BCUT2D eigenvalue weighted by atomic mass is 9.68. The Labute approximate surface area is 144 Å². The van der Waals surface area contributed by atoms with Crippen LogP contribution in [-0.2, 0) is 26.2 Å². The van der Waals surface area contributed by atoms with Gasteiger partial charge in [0.2, 0.25) is 11.8 Å². The number of hydrogen-bond donors (Lipinski definition) is 1. The lowest BCUT2D eigenvalue weighted by molar-refractivity contribution is -0.123. The van der Waals surface area contributed by atoms with E-state index in [1.54, 1.807) is 4.90 Å². The van der Waals surface area contributed by atoms with Crippen molar-refractivity contribution in [1.29, 1.82) is 5.26 Å². The van der Waals surface area contributed by atoms with Crippen LogP contribution in [0.4, 0.5) is 5.69 Å². The molecule has 0 saturated carbocycles. The number of aryl methyl sites for hydroxylation is 1. The molecule has 1 aliphatic carbocycles. The first-order valence-electron chi connectivity index (χ1n) is 8.40. The highest BCUT2D eigenvalue weighted by Crippen LogP contribution is 2.57. The maximum atomic E-state index is 13.6. The first kappa shape index (κ1) is 14.3. The predicted octanol–water partition coefficient (Wildman–Crippen LogP) is 1.56. The van der Waals surface area contributed by atoms with Gasteiger partial charge in [0.25, 0.3) is 0 Å². The highest BCUT2D eigenvalue weighted by atomic mass is 16.5. The molecule has 0 bridgehead atoms. The van der Waals surface area contributed by atoms with Crippen molar-refractivity contribution in [1.82, 2.24) is 0 Å². The second-order valence-electron chi connectivity index (χ2n) is 6.80. The number of carbonyl (C=O) groups is 2. The van der Waals surface area contributed by atoms with Crippen molar-refractivity contribution in [3.63, 3.8) is 0 Å². The summed E-state index contributed by atoms with van der Waals surface area (Å²) in [5.74, 6) is -0.0182. The molecular weight excluding hydrogens is 318 g/mol. The van der Waals surface area contributed by atoms with Crippen LogP contribution in [-0.4, -0.2) is 18.2 Å². The summed E-state index contributed by atoms with van der Waals surface area (Å²) >= 11 is 0. The third-order valence-electron chi connectivity index (χ3n) is 5.67. The molecule has 3 heterocycles. The zero-order valence-electron chi connectivity index (χ0n) is 13.5. The van der Waals surface area contributed by atoms with Crippen LogP contribution in [0.15, 0.2) is 41.0 Å². The van der Waals surface area contributed by atoms with E-state index in [-0.39, 0.29) is 29.6 Å². The Morgan fingerprint density at radius 1 is 1.24 bits per heavy atom. The number of amides is 1. The van der Waals surface area contributed by atoms with Gasteiger partial charge in [-0.05, 0) is 18.4 Å². The maximum absolute atomic E-state index is 13.6. The number of anilines is 1. The Kier molecular flexibility index (Phi) is 2.58. The third-order valence-corrected chi connectivity index (χ3v) is 5.67. The Hall–Kier alpha value is -3.07. The standard InChI is InChI=1S/C19H15N3O3/c20-9-12-17(21)25-14-7-6-13(23)15(14)19(12)11-5-1-3-10-4-2-8-22(16(10)11)18(19)24/h1,3,5H,2,4,6-8,21H2. The minimum atomic E-state index is -1.43. The van der Waals surface area contributed by atoms with E-state index in [9.17, 15) is 14.9 Å². The molecule has 5 rings (SSSR count). The normalized spacial score (nSPS) is 26.8. The smallest absolute Gasteiger partial charge is 0.247 e. The molecule has 1 unspecified atom stereocenters. The van der Waals surface area contributed by atoms with Crippen LogP contribution >= 0.6 is 0 Å². The highest BCUT2D eigenvalue weighted by Gasteiger charge is 2.63. The van der Waals surface area contributed by atoms with E-state index in [1.807, 2.05) is 18.2 Å². The summed E-state index contributed by atoms with van der Waals surface area (Å²) in [7, 11) is 0. The molecule has 0 saturated heterocycles. The van der Waals surface area contributed by atoms with Gasteiger partial charge in [0.15, 0.2) is 5.78 Å². The van der Waals surface area contributed by atoms with E-state index in [1.165, 1.54) is 0 Å². The molecule has 0 fully saturated rings. The number of nitrogens with two attached hydrogens (primary N) is 1. The van der Waals surface area contributed by atoms with Crippen LogP contribution < -0.4 is 10.6 Å². The molecule has 1 amide bonds. The van der Waals surface area contributed by atoms with Crippen LogP contribution in [0.5, 0.6) is 0 Å². The van der Waals surface area contributed by atoms with Gasteiger partial charge in [-0.1, -0.05) is 18.2 Å². The fourth-order valence-electron chi connectivity index (χ4n) is 4.74. The number of hydrogen-bond acceptors (Lipinski definition) is 5. The number of ether oxygens (including phenoxy) is 1. The molecule has 1 aromatic carbocycles. The fraction of sp³-hybridized carbons (Fsp3) is 0.316. The molecule has 0 radical (unpaired) electrons. The van der Waals surface area contributed by atoms with Gasteiger partial charge in [-0.25, -0.2) is 0 Å². The lowest BCUT2D eigenvalue weighted by Gasteiger charge is -2.33. The number of para-hydroxylation sites is 1. The van der Waals surface area contributed by atoms with Gasteiger partial charge in [-0.3, -0.25) is 9.59 Å². The summed E-state index contributed by atoms with van der Waals surface area (Å²) < 4.78 is 5.57. The number of ketones is 1. The van der Waals surface area contributed by atoms with Crippen LogP contribution in [0, 0.1) is 11.3 Å². The molecule has 0 aromatic heterocycles. The average Bonchev–Trinajstić information content (AvgIpc) is 3.09. The first-order chi connectivity index (χ1) is 12.1. The number of allylic oxidation sites excluding steroid dienone is 1. The maximum Gasteiger partial charge on any atom is 0.247 e. The van der Waals surface area contributed by atoms with E-state index in [0.29, 0.717) is 29.9 Å². The molecule has 3 aliphatic heterocycles. The lowest BCUT2D eigenvalue weighted by Crippen LogP contribution is -2.47. The Bertz CT molecular complexity index is 982. The number of rotatable bonds is 0. The topological polar surface area (TPSA) is 96.4 Å². The number of Topliss-reactive ketones (excluding diaryl/α,β-unsaturated/α-hetero) is 1. The quantitative estimate of drug-likeness (QED) is 0.777. The summed E-state index contributed by atoms with van der Waals surface area (Å²) in [6.07, 6.45) is 2.43. The number of nitrogens with zero attached hydrogens (tertiary/aromatic N) is 2. The summed E-state index contributed by atoms with van der Waals surface area (Å²) in [5, 5.41) is 9.81. The average molecular weight is 333 g/mol. The molecular formula is C19H15N3O3. The molecule has 1 aromatic rings. The van der Waals surface area contributed by atoms with Gasteiger partial charge in [-0.2, -0.15) is 5.26 Å². The second-order valence-corrected chi connectivity index (χ2v) is 6.80. The largest absolute Gasteiger partial charge is 0.444 e. The second kappa shape index (κ2) is 4.51. The van der Waals surface area contributed by atoms with Gasteiger partial charge < -0.3 is 15.4 Å². The summed E-state index contributed by atoms with van der Waals surface area (Å²) in [4.78, 5) is 28.0. The van der Waals surface area contributed by atoms with E-state index in [4.69, 9.17) is 10.5 Å². The Morgan fingerprint density at radius 2 is 2.08 bits per heavy atom. The van der Waals surface area contributed by atoms with Gasteiger partial charge in [0, 0.05) is 24.9 Å². The summed E-state index contributed by atoms with van der Waals surface area (Å²) in [5.41, 5.74) is 7.55. The van der Waals surface area contributed by atoms with Crippen molar-refractivity contribution in [2.45, 2.75) is 31.1 Å². The molecule has 6 heteroatoms. The van der Waals surface area contributed by atoms with E-state index in [0.717, 1.165) is 24.1 Å². The van der Waals surface area contributed by atoms with Gasteiger partial charge in [0.05, 0.1) is 11.3 Å². The number of carbonyl (C=O) groups excluding carboxylic acids is 2. The minimum absolute atomic E-state index is 0.0364. The molecule has 124 valence electrons. The zero-order valence-corrected chi connectivity index (χ0v) is 13.5. The molecule has 2 N–H and O–H groups in total. The molecule has 25 heavy (non-hydrogen) atoms. The number of benzene rings is 1. The van der Waals surface area contributed by atoms with Crippen LogP contribution in [0.25, 0.3) is 0 Å². The van der Waals surface area contributed by atoms with E-state index < -0.39 is 5.41 Å². The molecule has 4 aliphatic rings. The fourth-order valence-corrected chi connectivity index (χ4v) is 4.74. The predicted molar refractivity (Wildman–Crippen MR) is 88.0 cm³/mol. The first-order valence-corrected chi connectivity index (χ1v) is 8.40. The zero-order chi connectivity index (χ0) is 17.3. The van der Waals surface area contributed by atoms with Gasteiger partial charge >= 0.3 is 0 Å². The Balaban J connectivity index is 1.93. The van der Waals surface area contributed by atoms with E-state index in [2.05, 4.69) is 6.07 Å². The molecule has 6 nitrogen and oxygen atoms in total. The van der Waals surface area contributed by atoms with Crippen LogP contribution in [0.2, 0.25) is 0 Å². The van der Waals surface area contributed by atoms with E-state index >= 15 is 0 Å². The van der Waals surface area contributed by atoms with Crippen molar-refractivity contribution in [3.8, 4) is 6.07 Å². The van der Waals surface area contributed by atoms with Gasteiger partial charge in [-0.15, -0.1) is 0 Å². The van der Waals surface area contributed by atoms with Crippen molar-refractivity contribution < 1.29 is 14.3 Å². The summed E-state index contributed by atoms with van der Waals surface area (Å²) in [6, 6.07) is 7.80.